The summed E-state index contributed by atoms with van der Waals surface area (Å²) in [5.41, 5.74) is 3.25. The Balaban J connectivity index is 1.34. The fourth-order valence-electron chi connectivity index (χ4n) is 6.47. The second-order valence-electron chi connectivity index (χ2n) is 10.5. The fourth-order valence-corrected chi connectivity index (χ4v) is 7.00. The van der Waals surface area contributed by atoms with Crippen molar-refractivity contribution in [3.63, 3.8) is 0 Å². The lowest BCUT2D eigenvalue weighted by atomic mass is 9.65. The Morgan fingerprint density at radius 3 is 1.67 bits per heavy atom. The number of hydrogen-bond donors (Lipinski definition) is 0. The molecule has 146 valence electrons. The van der Waals surface area contributed by atoms with E-state index >= 15 is 0 Å². The summed E-state index contributed by atoms with van der Waals surface area (Å²) in [5.74, 6) is 5.65. The fraction of sp³-hybridized carbons (Fsp3) is 0.750. The molecule has 4 rings (SSSR count). The molecule has 1 aromatic rings. The van der Waals surface area contributed by atoms with Crippen molar-refractivity contribution in [2.75, 3.05) is 0 Å². The van der Waals surface area contributed by atoms with Crippen molar-refractivity contribution in [1.29, 1.82) is 0 Å². The maximum absolute atomic E-state index is 3.09. The average molecular weight is 380 g/mol. The van der Waals surface area contributed by atoms with E-state index in [1.54, 1.807) is 11.1 Å². The minimum absolute atomic E-state index is 0.816. The van der Waals surface area contributed by atoms with Gasteiger partial charge in [-0.3, -0.25) is 0 Å². The Hall–Kier alpha value is -0.220. The molecular formula is C24H39B2P. The van der Waals surface area contributed by atoms with Gasteiger partial charge >= 0.3 is 0 Å². The predicted molar refractivity (Wildman–Crippen MR) is 128 cm³/mol. The van der Waals surface area contributed by atoms with Gasteiger partial charge < -0.3 is 0 Å². The first-order valence-electron chi connectivity index (χ1n) is 12.0. The third-order valence-electron chi connectivity index (χ3n) is 8.54. The van der Waals surface area contributed by atoms with E-state index in [0.717, 1.165) is 35.3 Å². The molecule has 3 aliphatic carbocycles. The van der Waals surface area contributed by atoms with Crippen LogP contribution in [0.15, 0.2) is 18.2 Å². The normalized spacial score (nSPS) is 37.8. The van der Waals surface area contributed by atoms with Gasteiger partial charge in [0.25, 0.3) is 0 Å². The van der Waals surface area contributed by atoms with Gasteiger partial charge in [0, 0.05) is 0 Å². The first-order chi connectivity index (χ1) is 13.1. The smallest absolute Gasteiger partial charge is 0.105 e. The molecule has 0 aromatic heterocycles. The Morgan fingerprint density at radius 2 is 1.11 bits per heavy atom. The monoisotopic (exact) mass is 380 g/mol. The van der Waals surface area contributed by atoms with Gasteiger partial charge in [0.05, 0.1) is 0 Å². The molecule has 3 heteroatoms. The van der Waals surface area contributed by atoms with Gasteiger partial charge in [0.2, 0.25) is 0 Å². The number of hydrogen-bond acceptors (Lipinski definition) is 0. The molecule has 3 saturated carbocycles. The standard InChI is InChI=1S/C24H39B2P/c25-21-10-5-17(6-11-21)16-1-3-19(4-2-16)23-14-9-20(15-24(23)27)18-7-12-22(26)13-8-18/h9,14-19,21-22H,1-8,10-13,25-27H2. The van der Waals surface area contributed by atoms with Crippen molar-refractivity contribution in [3.8, 4) is 0 Å². The van der Waals surface area contributed by atoms with Crippen LogP contribution in [0.2, 0.25) is 11.6 Å². The van der Waals surface area contributed by atoms with Crippen molar-refractivity contribution in [1.82, 2.24) is 0 Å². The average Bonchev–Trinajstić information content (AvgIpc) is 2.69. The lowest BCUT2D eigenvalue weighted by Crippen LogP contribution is -2.25. The van der Waals surface area contributed by atoms with Crippen LogP contribution in [-0.4, -0.2) is 15.7 Å². The van der Waals surface area contributed by atoms with Crippen LogP contribution in [0.4, 0.5) is 0 Å². The van der Waals surface area contributed by atoms with Gasteiger partial charge in [0.1, 0.15) is 15.7 Å². The topological polar surface area (TPSA) is 0 Å². The molecule has 1 unspecified atom stereocenters. The van der Waals surface area contributed by atoms with Gasteiger partial charge in [-0.25, -0.2) is 0 Å². The summed E-state index contributed by atoms with van der Waals surface area (Å²) in [7, 11) is 7.96. The molecule has 0 saturated heterocycles. The first-order valence-corrected chi connectivity index (χ1v) is 12.6. The predicted octanol–water partition coefficient (Wildman–Crippen LogP) is 5.15. The van der Waals surface area contributed by atoms with Crippen molar-refractivity contribution in [2.45, 2.75) is 101 Å². The van der Waals surface area contributed by atoms with Crippen molar-refractivity contribution in [2.24, 2.45) is 11.8 Å². The quantitative estimate of drug-likeness (QED) is 0.503. The molecule has 0 spiro atoms. The van der Waals surface area contributed by atoms with Crippen LogP contribution in [0.5, 0.6) is 0 Å². The van der Waals surface area contributed by atoms with Crippen LogP contribution in [0.1, 0.15) is 100 Å². The molecular weight excluding hydrogens is 341 g/mol. The largest absolute Gasteiger partial charge is 0.105 e. The minimum Gasteiger partial charge on any atom is -0.105 e. The van der Waals surface area contributed by atoms with E-state index in [9.17, 15) is 0 Å². The minimum atomic E-state index is 0.816. The Morgan fingerprint density at radius 1 is 0.630 bits per heavy atom. The summed E-state index contributed by atoms with van der Waals surface area (Å²) < 4.78 is 0. The van der Waals surface area contributed by atoms with Crippen LogP contribution in [0, 0.1) is 11.8 Å². The van der Waals surface area contributed by atoms with Crippen LogP contribution < -0.4 is 5.30 Å². The highest BCUT2D eigenvalue weighted by atomic mass is 31.0. The molecule has 0 heterocycles. The van der Waals surface area contributed by atoms with Crippen LogP contribution in [0.25, 0.3) is 0 Å². The Labute approximate surface area is 172 Å². The van der Waals surface area contributed by atoms with Crippen molar-refractivity contribution in [3.05, 3.63) is 29.3 Å². The number of benzene rings is 1. The van der Waals surface area contributed by atoms with E-state index < -0.39 is 0 Å². The maximum Gasteiger partial charge on any atom is 0.105 e. The van der Waals surface area contributed by atoms with Gasteiger partial charge in [-0.15, -0.1) is 9.24 Å². The zero-order chi connectivity index (χ0) is 18.8. The van der Waals surface area contributed by atoms with Gasteiger partial charge in [0.15, 0.2) is 0 Å². The Bertz CT molecular complexity index is 607. The summed E-state index contributed by atoms with van der Waals surface area (Å²) in [6.07, 6.45) is 17.5. The zero-order valence-corrected chi connectivity index (χ0v) is 18.9. The molecule has 3 fully saturated rings. The lowest BCUT2D eigenvalue weighted by molar-refractivity contribution is 0.186. The molecule has 3 aliphatic rings. The molecule has 0 amide bonds. The molecule has 0 radical (unpaired) electrons. The molecule has 1 aromatic carbocycles. The molecule has 1 atom stereocenters. The van der Waals surface area contributed by atoms with E-state index in [0.29, 0.717) is 0 Å². The molecule has 27 heavy (non-hydrogen) atoms. The maximum atomic E-state index is 3.09. The molecule has 0 aliphatic heterocycles. The summed E-state index contributed by atoms with van der Waals surface area (Å²) >= 11 is 0. The van der Waals surface area contributed by atoms with Crippen molar-refractivity contribution < 1.29 is 0 Å². The van der Waals surface area contributed by atoms with Crippen LogP contribution >= 0.6 is 9.24 Å². The van der Waals surface area contributed by atoms with Crippen molar-refractivity contribution >= 4 is 30.2 Å². The molecule has 0 nitrogen and oxygen atoms in total. The second-order valence-corrected chi connectivity index (χ2v) is 11.1. The summed E-state index contributed by atoms with van der Waals surface area (Å²) in [6.45, 7) is 0. The number of rotatable bonds is 3. The van der Waals surface area contributed by atoms with E-state index in [1.807, 2.05) is 0 Å². The highest BCUT2D eigenvalue weighted by Gasteiger charge is 2.31. The third-order valence-corrected chi connectivity index (χ3v) is 9.04. The van der Waals surface area contributed by atoms with E-state index in [1.165, 1.54) is 82.4 Å². The Kier molecular flexibility index (Phi) is 6.74. The highest BCUT2D eigenvalue weighted by molar-refractivity contribution is 7.27. The van der Waals surface area contributed by atoms with Crippen LogP contribution in [-0.2, 0) is 0 Å². The van der Waals surface area contributed by atoms with Gasteiger partial charge in [-0.05, 0) is 78.6 Å². The molecule has 0 N–H and O–H groups in total. The lowest BCUT2D eigenvalue weighted by Gasteiger charge is -2.37. The van der Waals surface area contributed by atoms with E-state index in [4.69, 9.17) is 0 Å². The summed E-state index contributed by atoms with van der Waals surface area (Å²) in [6, 6.07) is 7.51. The van der Waals surface area contributed by atoms with Crippen LogP contribution in [0.3, 0.4) is 0 Å². The summed E-state index contributed by atoms with van der Waals surface area (Å²) in [5, 5.41) is 1.50. The summed E-state index contributed by atoms with van der Waals surface area (Å²) in [4.78, 5) is 0. The van der Waals surface area contributed by atoms with Gasteiger partial charge in [-0.1, -0.05) is 68.4 Å². The van der Waals surface area contributed by atoms with E-state index in [2.05, 4.69) is 43.1 Å². The second kappa shape index (κ2) is 9.07. The third kappa shape index (κ3) is 4.86. The molecule has 0 bridgehead atoms. The SMILES string of the molecule is BC1CCC(c2ccc(C3CCC(C4CCC(B)CC4)CC3)c(P)c2)CC1. The highest BCUT2D eigenvalue weighted by Crippen LogP contribution is 2.44. The van der Waals surface area contributed by atoms with E-state index in [-0.39, 0.29) is 0 Å². The zero-order valence-electron chi connectivity index (χ0n) is 17.8. The van der Waals surface area contributed by atoms with Gasteiger partial charge in [-0.2, -0.15) is 0 Å². The first kappa shape index (κ1) is 20.1.